The molecule has 0 N–H and O–H groups in total. The van der Waals surface area contributed by atoms with Crippen molar-refractivity contribution >= 4 is 27.2 Å². The first-order valence-corrected chi connectivity index (χ1v) is 15.3. The monoisotopic (exact) mass is 555 g/mol. The Morgan fingerprint density at radius 1 is 0.825 bits per heavy atom. The minimum Gasteiger partial charge on any atom is -0.491 e. The summed E-state index contributed by atoms with van der Waals surface area (Å²) in [5.41, 5.74) is 4.35. The maximum absolute atomic E-state index is 14.4. The van der Waals surface area contributed by atoms with Gasteiger partial charge in [0.05, 0.1) is 17.8 Å². The molecule has 40 heavy (non-hydrogen) atoms. The van der Waals surface area contributed by atoms with Gasteiger partial charge in [0.1, 0.15) is 23.9 Å². The minimum absolute atomic E-state index is 0.0253. The number of ketones is 1. The zero-order valence-electron chi connectivity index (χ0n) is 23.8. The van der Waals surface area contributed by atoms with Crippen molar-refractivity contribution in [1.82, 2.24) is 4.90 Å². The summed E-state index contributed by atoms with van der Waals surface area (Å²) < 4.78 is 19.4. The van der Waals surface area contributed by atoms with Gasteiger partial charge in [-0.15, -0.1) is 11.3 Å². The normalized spacial score (nSPS) is 15.1. The van der Waals surface area contributed by atoms with Gasteiger partial charge in [-0.2, -0.15) is 0 Å². The summed E-state index contributed by atoms with van der Waals surface area (Å²) in [6.45, 7) is 11.8. The summed E-state index contributed by atoms with van der Waals surface area (Å²) in [4.78, 5) is 17.8. The van der Waals surface area contributed by atoms with E-state index in [0.29, 0.717) is 17.9 Å². The summed E-state index contributed by atoms with van der Waals surface area (Å²) in [5, 5.41) is 1.00. The number of likely N-dealkylation sites (tertiary alicyclic amines) is 1. The average Bonchev–Trinajstić information content (AvgIpc) is 3.32. The first kappa shape index (κ1) is 26.9. The Bertz CT molecular complexity index is 1530. The largest absolute Gasteiger partial charge is 0.491 e. The molecule has 0 atom stereocenters. The molecule has 6 rings (SSSR count). The first-order chi connectivity index (χ1) is 19.4. The van der Waals surface area contributed by atoms with E-state index in [-0.39, 0.29) is 18.0 Å². The molecule has 5 nitrogen and oxygen atoms in total. The van der Waals surface area contributed by atoms with E-state index in [1.165, 1.54) is 19.3 Å². The molecule has 208 valence electrons. The molecular formula is C34H37NO4S. The molecule has 1 aromatic heterocycles. The SMILES string of the molecule is CC(C)Oc1ccc(-c2sc3cc(OC(C)C)cc4c3c2C(=O)c2c(OCCN3CCCCC3)cccc2-4)cc1. The number of hydrogen-bond acceptors (Lipinski definition) is 6. The number of thiophene rings is 1. The van der Waals surface area contributed by atoms with E-state index in [2.05, 4.69) is 17.0 Å². The van der Waals surface area contributed by atoms with Crippen molar-refractivity contribution in [3.8, 4) is 38.8 Å². The van der Waals surface area contributed by atoms with Gasteiger partial charge in [0.15, 0.2) is 5.78 Å². The summed E-state index contributed by atoms with van der Waals surface area (Å²) in [6, 6.07) is 18.2. The summed E-state index contributed by atoms with van der Waals surface area (Å²) in [5.74, 6) is 2.32. The molecule has 1 saturated heterocycles. The van der Waals surface area contributed by atoms with Crippen LogP contribution in [0.5, 0.6) is 17.2 Å². The third-order valence-corrected chi connectivity index (χ3v) is 8.69. The van der Waals surface area contributed by atoms with Gasteiger partial charge >= 0.3 is 0 Å². The molecule has 1 fully saturated rings. The Hall–Kier alpha value is -3.35. The van der Waals surface area contributed by atoms with E-state index in [9.17, 15) is 4.79 Å². The van der Waals surface area contributed by atoms with Gasteiger partial charge in [0, 0.05) is 27.1 Å². The Morgan fingerprint density at radius 2 is 1.55 bits per heavy atom. The van der Waals surface area contributed by atoms with Crippen LogP contribution in [0.15, 0.2) is 54.6 Å². The smallest absolute Gasteiger partial charge is 0.199 e. The predicted octanol–water partition coefficient (Wildman–Crippen LogP) is 8.22. The van der Waals surface area contributed by atoms with Crippen molar-refractivity contribution in [3.63, 3.8) is 0 Å². The van der Waals surface area contributed by atoms with Crippen LogP contribution in [0.2, 0.25) is 0 Å². The molecular weight excluding hydrogens is 518 g/mol. The molecule has 1 aliphatic carbocycles. The van der Waals surface area contributed by atoms with Crippen molar-refractivity contribution < 1.29 is 19.0 Å². The third-order valence-electron chi connectivity index (χ3n) is 7.51. The molecule has 0 bridgehead atoms. The van der Waals surface area contributed by atoms with Gasteiger partial charge in [0.2, 0.25) is 0 Å². The number of carbonyl (C=O) groups is 1. The number of fused-ring (bicyclic) bond motifs is 2. The molecule has 1 aliphatic heterocycles. The Balaban J connectivity index is 1.43. The van der Waals surface area contributed by atoms with Crippen LogP contribution >= 0.6 is 11.3 Å². The van der Waals surface area contributed by atoms with E-state index in [4.69, 9.17) is 14.2 Å². The van der Waals surface area contributed by atoms with E-state index in [0.717, 1.165) is 68.4 Å². The molecule has 2 aliphatic rings. The fourth-order valence-corrected chi connectivity index (χ4v) is 7.10. The van der Waals surface area contributed by atoms with Gasteiger partial charge in [-0.3, -0.25) is 9.69 Å². The molecule has 0 saturated carbocycles. The number of rotatable bonds is 9. The van der Waals surface area contributed by atoms with Gasteiger partial charge in [-0.05, 0) is 113 Å². The van der Waals surface area contributed by atoms with E-state index >= 15 is 0 Å². The van der Waals surface area contributed by atoms with Crippen molar-refractivity contribution in [1.29, 1.82) is 0 Å². The first-order valence-electron chi connectivity index (χ1n) is 14.5. The fraction of sp³-hybridized carbons (Fsp3) is 0.382. The fourth-order valence-electron chi connectivity index (χ4n) is 5.84. The quantitative estimate of drug-likeness (QED) is 0.183. The molecule has 6 heteroatoms. The highest BCUT2D eigenvalue weighted by molar-refractivity contribution is 7.23. The number of nitrogens with zero attached hydrogens (tertiary/aromatic N) is 1. The number of ether oxygens (including phenoxy) is 3. The molecule has 3 aromatic carbocycles. The lowest BCUT2D eigenvalue weighted by atomic mass is 9.83. The molecule has 4 aromatic rings. The predicted molar refractivity (Wildman–Crippen MR) is 163 cm³/mol. The van der Waals surface area contributed by atoms with Crippen molar-refractivity contribution in [3.05, 3.63) is 65.7 Å². The topological polar surface area (TPSA) is 48.0 Å². The van der Waals surface area contributed by atoms with Crippen LogP contribution in [-0.4, -0.2) is 49.1 Å². The highest BCUT2D eigenvalue weighted by atomic mass is 32.1. The minimum atomic E-state index is 0.0253. The molecule has 0 radical (unpaired) electrons. The molecule has 0 amide bonds. The Kier molecular flexibility index (Phi) is 7.56. The van der Waals surface area contributed by atoms with E-state index < -0.39 is 0 Å². The third kappa shape index (κ3) is 5.23. The van der Waals surface area contributed by atoms with Crippen LogP contribution in [0.4, 0.5) is 0 Å². The van der Waals surface area contributed by atoms with Crippen LogP contribution in [-0.2, 0) is 0 Å². The zero-order chi connectivity index (χ0) is 27.8. The lowest BCUT2D eigenvalue weighted by Crippen LogP contribution is -2.33. The van der Waals surface area contributed by atoms with Crippen molar-refractivity contribution in [2.75, 3.05) is 26.2 Å². The molecule has 2 heterocycles. The van der Waals surface area contributed by atoms with E-state index in [1.54, 1.807) is 11.3 Å². The Labute approximate surface area is 240 Å². The van der Waals surface area contributed by atoms with Gasteiger partial charge in [0.25, 0.3) is 0 Å². The second-order valence-electron chi connectivity index (χ2n) is 11.3. The average molecular weight is 556 g/mol. The van der Waals surface area contributed by atoms with Gasteiger partial charge in [-0.1, -0.05) is 18.6 Å². The number of benzene rings is 3. The summed E-state index contributed by atoms with van der Waals surface area (Å²) in [7, 11) is 0. The molecule has 0 unspecified atom stereocenters. The number of piperidine rings is 1. The van der Waals surface area contributed by atoms with Crippen molar-refractivity contribution in [2.24, 2.45) is 0 Å². The van der Waals surface area contributed by atoms with Crippen molar-refractivity contribution in [2.45, 2.75) is 59.2 Å². The number of carbonyl (C=O) groups excluding carboxylic acids is 1. The van der Waals surface area contributed by atoms with Gasteiger partial charge < -0.3 is 14.2 Å². The van der Waals surface area contributed by atoms with Gasteiger partial charge in [-0.25, -0.2) is 0 Å². The van der Waals surface area contributed by atoms with Crippen LogP contribution in [0.3, 0.4) is 0 Å². The number of hydrogen-bond donors (Lipinski definition) is 0. The molecule has 0 spiro atoms. The standard InChI is InChI=1S/C34H37NO4S/c1-21(2)38-24-13-11-23(12-14-24)34-32-31-27(19-25(39-22(3)4)20-29(31)40-34)26-9-8-10-28(30(26)33(32)36)37-18-17-35-15-6-5-7-16-35/h8-14,19-22H,5-7,15-18H2,1-4H3. The maximum atomic E-state index is 14.4. The lowest BCUT2D eigenvalue weighted by Gasteiger charge is -2.27. The lowest BCUT2D eigenvalue weighted by molar-refractivity contribution is 0.103. The highest BCUT2D eigenvalue weighted by Crippen LogP contribution is 2.51. The Morgan fingerprint density at radius 3 is 2.27 bits per heavy atom. The van der Waals surface area contributed by atoms with Crippen LogP contribution in [0.1, 0.15) is 62.9 Å². The maximum Gasteiger partial charge on any atom is 0.199 e. The second kappa shape index (κ2) is 11.3. The van der Waals surface area contributed by atoms with E-state index in [1.807, 2.05) is 70.2 Å². The van der Waals surface area contributed by atoms with Crippen LogP contribution < -0.4 is 14.2 Å². The second-order valence-corrected chi connectivity index (χ2v) is 12.3. The van der Waals surface area contributed by atoms with Crippen LogP contribution in [0.25, 0.3) is 31.7 Å². The summed E-state index contributed by atoms with van der Waals surface area (Å²) in [6.07, 6.45) is 3.96. The van der Waals surface area contributed by atoms with Crippen LogP contribution in [0, 0.1) is 0 Å². The summed E-state index contributed by atoms with van der Waals surface area (Å²) >= 11 is 1.64. The highest BCUT2D eigenvalue weighted by Gasteiger charge is 2.33. The zero-order valence-corrected chi connectivity index (χ0v) is 24.6.